The molecule has 19 heavy (non-hydrogen) atoms. The van der Waals surface area contributed by atoms with Crippen molar-refractivity contribution in [3.8, 4) is 0 Å². The van der Waals surface area contributed by atoms with Gasteiger partial charge < -0.3 is 10.6 Å². The van der Waals surface area contributed by atoms with E-state index in [-0.39, 0.29) is 17.7 Å². The van der Waals surface area contributed by atoms with Crippen molar-refractivity contribution in [2.75, 3.05) is 13.1 Å². The van der Waals surface area contributed by atoms with Crippen molar-refractivity contribution in [3.63, 3.8) is 0 Å². The smallest absolute Gasteiger partial charge is 0.251 e. The molecule has 0 unspecified atom stereocenters. The first kappa shape index (κ1) is 14.1. The number of carbonyl (C=O) groups is 2. The van der Waals surface area contributed by atoms with Crippen molar-refractivity contribution in [3.05, 3.63) is 34.3 Å². The van der Waals surface area contributed by atoms with Crippen LogP contribution >= 0.6 is 15.9 Å². The molecular weight excluding hydrogens is 308 g/mol. The topological polar surface area (TPSA) is 58.2 Å². The van der Waals surface area contributed by atoms with Crippen LogP contribution in [-0.4, -0.2) is 24.9 Å². The summed E-state index contributed by atoms with van der Waals surface area (Å²) in [4.78, 5) is 23.3. The van der Waals surface area contributed by atoms with Crippen molar-refractivity contribution in [2.24, 2.45) is 11.8 Å². The molecule has 0 radical (unpaired) electrons. The van der Waals surface area contributed by atoms with Crippen molar-refractivity contribution >= 4 is 27.7 Å². The maximum absolute atomic E-state index is 11.8. The molecule has 102 valence electrons. The van der Waals surface area contributed by atoms with Crippen LogP contribution in [0.25, 0.3) is 0 Å². The lowest BCUT2D eigenvalue weighted by Gasteiger charge is -2.07. The molecule has 1 fully saturated rings. The second-order valence-electron chi connectivity index (χ2n) is 4.88. The van der Waals surface area contributed by atoms with Gasteiger partial charge in [-0.25, -0.2) is 0 Å². The van der Waals surface area contributed by atoms with E-state index in [0.717, 1.165) is 10.9 Å². The Kier molecular flexibility index (Phi) is 4.58. The molecule has 2 amide bonds. The molecule has 1 aliphatic rings. The summed E-state index contributed by atoms with van der Waals surface area (Å²) in [6.07, 6.45) is 0.982. The molecule has 0 saturated heterocycles. The minimum atomic E-state index is -0.129. The summed E-state index contributed by atoms with van der Waals surface area (Å²) in [7, 11) is 0. The number of amides is 2. The molecule has 0 bridgehead atoms. The van der Waals surface area contributed by atoms with Crippen molar-refractivity contribution < 1.29 is 9.59 Å². The number of hydrogen-bond donors (Lipinski definition) is 2. The lowest BCUT2D eigenvalue weighted by molar-refractivity contribution is -0.122. The third-order valence-corrected chi connectivity index (χ3v) is 3.74. The third kappa shape index (κ3) is 4.06. The zero-order valence-corrected chi connectivity index (χ0v) is 12.4. The highest BCUT2D eigenvalue weighted by Gasteiger charge is 2.38. The second-order valence-corrected chi connectivity index (χ2v) is 5.79. The van der Waals surface area contributed by atoms with Crippen LogP contribution in [0, 0.1) is 11.8 Å². The van der Waals surface area contributed by atoms with E-state index in [1.54, 1.807) is 12.1 Å². The van der Waals surface area contributed by atoms with Crippen molar-refractivity contribution in [1.82, 2.24) is 10.6 Å². The van der Waals surface area contributed by atoms with Gasteiger partial charge in [-0.1, -0.05) is 28.9 Å². The average molecular weight is 325 g/mol. The zero-order chi connectivity index (χ0) is 13.8. The Morgan fingerprint density at radius 2 is 2.00 bits per heavy atom. The molecule has 2 rings (SSSR count). The molecule has 1 saturated carbocycles. The van der Waals surface area contributed by atoms with Gasteiger partial charge in [-0.05, 0) is 30.5 Å². The summed E-state index contributed by atoms with van der Waals surface area (Å²) in [6.45, 7) is 2.99. The molecule has 1 aliphatic carbocycles. The minimum Gasteiger partial charge on any atom is -0.354 e. The largest absolute Gasteiger partial charge is 0.354 e. The van der Waals surface area contributed by atoms with Crippen LogP contribution in [0.3, 0.4) is 0 Å². The monoisotopic (exact) mass is 324 g/mol. The highest BCUT2D eigenvalue weighted by atomic mass is 79.9. The first-order chi connectivity index (χ1) is 9.08. The molecule has 0 heterocycles. The average Bonchev–Trinajstić information content (AvgIpc) is 3.11. The van der Waals surface area contributed by atoms with Gasteiger partial charge >= 0.3 is 0 Å². The fourth-order valence-electron chi connectivity index (χ4n) is 1.91. The van der Waals surface area contributed by atoms with Crippen LogP contribution in [0.4, 0.5) is 0 Å². The Morgan fingerprint density at radius 1 is 1.32 bits per heavy atom. The fourth-order valence-corrected chi connectivity index (χ4v) is 2.31. The predicted molar refractivity (Wildman–Crippen MR) is 76.8 cm³/mol. The third-order valence-electron chi connectivity index (χ3n) is 3.24. The summed E-state index contributed by atoms with van der Waals surface area (Å²) in [6, 6.07) is 7.20. The van der Waals surface area contributed by atoms with E-state index in [0.29, 0.717) is 24.6 Å². The fraction of sp³-hybridized carbons (Fsp3) is 0.429. The first-order valence-electron chi connectivity index (χ1n) is 6.39. The lowest BCUT2D eigenvalue weighted by Crippen LogP contribution is -2.35. The van der Waals surface area contributed by atoms with Crippen LogP contribution in [-0.2, 0) is 4.79 Å². The van der Waals surface area contributed by atoms with Gasteiger partial charge in [-0.15, -0.1) is 0 Å². The summed E-state index contributed by atoms with van der Waals surface area (Å²) < 4.78 is 0.871. The van der Waals surface area contributed by atoms with Gasteiger partial charge in [0.1, 0.15) is 0 Å². The van der Waals surface area contributed by atoms with Gasteiger partial charge in [0.05, 0.1) is 0 Å². The van der Waals surface area contributed by atoms with Gasteiger partial charge in [0.25, 0.3) is 5.91 Å². The SMILES string of the molecule is C[C@H]1C[C@H]1C(=O)NCCNC(=O)c1cccc(Br)c1. The Labute approximate surface area is 121 Å². The number of carbonyl (C=O) groups excluding carboxylic acids is 2. The summed E-state index contributed by atoms with van der Waals surface area (Å²) >= 11 is 3.32. The van der Waals surface area contributed by atoms with Crippen LogP contribution in [0.1, 0.15) is 23.7 Å². The van der Waals surface area contributed by atoms with Crippen molar-refractivity contribution in [2.45, 2.75) is 13.3 Å². The van der Waals surface area contributed by atoms with Crippen molar-refractivity contribution in [1.29, 1.82) is 0 Å². The molecule has 1 aromatic carbocycles. The standard InChI is InChI=1S/C14H17BrN2O2/c1-9-7-12(9)14(19)17-6-5-16-13(18)10-3-2-4-11(15)8-10/h2-4,8-9,12H,5-7H2,1H3,(H,16,18)(H,17,19)/t9-,12+/m0/s1. The Morgan fingerprint density at radius 3 is 2.63 bits per heavy atom. The maximum Gasteiger partial charge on any atom is 0.251 e. The van der Waals surface area contributed by atoms with E-state index in [1.807, 2.05) is 12.1 Å². The molecular formula is C14H17BrN2O2. The van der Waals surface area contributed by atoms with E-state index in [2.05, 4.69) is 33.5 Å². The van der Waals surface area contributed by atoms with Gasteiger partial charge in [-0.3, -0.25) is 9.59 Å². The van der Waals surface area contributed by atoms with Gasteiger partial charge in [0.15, 0.2) is 0 Å². The molecule has 1 aromatic rings. The molecule has 0 aromatic heterocycles. The Balaban J connectivity index is 1.68. The van der Waals surface area contributed by atoms with E-state index < -0.39 is 0 Å². The van der Waals surface area contributed by atoms with Crippen LogP contribution in [0.5, 0.6) is 0 Å². The summed E-state index contributed by atoms with van der Waals surface area (Å²) in [5, 5.41) is 5.61. The highest BCUT2D eigenvalue weighted by Crippen LogP contribution is 2.37. The summed E-state index contributed by atoms with van der Waals surface area (Å²) in [5.74, 6) is 0.664. The van der Waals surface area contributed by atoms with Crippen LogP contribution in [0.2, 0.25) is 0 Å². The van der Waals surface area contributed by atoms with Gasteiger partial charge in [-0.2, -0.15) is 0 Å². The molecule has 2 atom stereocenters. The number of nitrogens with one attached hydrogen (secondary N) is 2. The number of halogens is 1. The van der Waals surface area contributed by atoms with E-state index in [9.17, 15) is 9.59 Å². The molecule has 5 heteroatoms. The van der Waals surface area contributed by atoms with E-state index >= 15 is 0 Å². The second kappa shape index (κ2) is 6.19. The molecule has 4 nitrogen and oxygen atoms in total. The van der Waals surface area contributed by atoms with E-state index in [4.69, 9.17) is 0 Å². The van der Waals surface area contributed by atoms with Gasteiger partial charge in [0.2, 0.25) is 5.91 Å². The molecule has 0 aliphatic heterocycles. The Hall–Kier alpha value is -1.36. The Bertz CT molecular complexity index is 490. The van der Waals surface area contributed by atoms with Crippen LogP contribution < -0.4 is 10.6 Å². The quantitative estimate of drug-likeness (QED) is 0.813. The van der Waals surface area contributed by atoms with E-state index in [1.165, 1.54) is 0 Å². The lowest BCUT2D eigenvalue weighted by atomic mass is 10.2. The number of hydrogen-bond acceptors (Lipinski definition) is 2. The van der Waals surface area contributed by atoms with Gasteiger partial charge in [0, 0.05) is 29.0 Å². The minimum absolute atomic E-state index is 0.101. The normalized spacial score (nSPS) is 20.7. The van der Waals surface area contributed by atoms with Crippen LogP contribution in [0.15, 0.2) is 28.7 Å². The molecule has 2 N–H and O–H groups in total. The predicted octanol–water partition coefficient (Wildman–Crippen LogP) is 1.95. The zero-order valence-electron chi connectivity index (χ0n) is 10.8. The number of benzene rings is 1. The molecule has 0 spiro atoms. The summed E-state index contributed by atoms with van der Waals surface area (Å²) in [5.41, 5.74) is 0.608. The first-order valence-corrected chi connectivity index (χ1v) is 7.18. The number of rotatable bonds is 5. The highest BCUT2D eigenvalue weighted by molar-refractivity contribution is 9.10. The maximum atomic E-state index is 11.8.